The van der Waals surface area contributed by atoms with E-state index in [0.717, 1.165) is 34.1 Å². The Balaban J connectivity index is 2.39. The molecule has 3 nitrogen and oxygen atoms in total. The number of halogens is 1. The number of allylic oxidation sites excluding steroid dienone is 2. The summed E-state index contributed by atoms with van der Waals surface area (Å²) in [6.45, 7) is 6.17. The molecule has 0 saturated carbocycles. The Morgan fingerprint density at radius 2 is 2.05 bits per heavy atom. The first kappa shape index (κ1) is 14.8. The van der Waals surface area contributed by atoms with Crippen LogP contribution in [-0.2, 0) is 0 Å². The molecule has 0 aliphatic carbocycles. The molecule has 0 radical (unpaired) electrons. The number of rotatable bonds is 3. The van der Waals surface area contributed by atoms with Crippen LogP contribution in [0.25, 0.3) is 0 Å². The normalized spacial score (nSPS) is 17.6. The number of hydrogen-bond donors (Lipinski definition) is 2. The number of nitrogens with two attached hydrogens (primary N) is 1. The van der Waals surface area contributed by atoms with Gasteiger partial charge in [0.15, 0.2) is 0 Å². The topological polar surface area (TPSA) is 49.5 Å². The zero-order valence-corrected chi connectivity index (χ0v) is 13.2. The van der Waals surface area contributed by atoms with Crippen molar-refractivity contribution in [2.45, 2.75) is 19.8 Å². The van der Waals surface area contributed by atoms with Crippen LogP contribution in [0.1, 0.15) is 19.8 Å². The predicted molar refractivity (Wildman–Crippen MR) is 89.7 cm³/mol. The van der Waals surface area contributed by atoms with Gasteiger partial charge >= 0.3 is 0 Å². The molecule has 3 N–H and O–H groups in total. The minimum Gasteiger partial charge on any atom is -0.493 e. The molecule has 0 aromatic heterocycles. The van der Waals surface area contributed by atoms with Crippen LogP contribution in [-0.4, -0.2) is 12.4 Å². The fraction of sp³-hybridized carbons (Fsp3) is 0.200. The molecule has 2 rings (SSSR count). The van der Waals surface area contributed by atoms with E-state index < -0.39 is 0 Å². The van der Waals surface area contributed by atoms with Gasteiger partial charge in [-0.05, 0) is 36.3 Å². The lowest BCUT2D eigenvalue weighted by Crippen LogP contribution is -2.34. The SMILES string of the molecule is C=C1B/C(=C/CCC)C(N)=C(O)N1c1ccc(Br)cc1. The standard InChI is InChI=1S/C15H18BBrN2O/c1-3-4-5-13-14(18)15(20)19(10(2)16-13)12-8-6-11(17)7-9-12/h5-9,16,20H,2-4,18H2,1H3/b13-5+. The van der Waals surface area contributed by atoms with Crippen LogP contribution in [0.5, 0.6) is 0 Å². The predicted octanol–water partition coefficient (Wildman–Crippen LogP) is 3.55. The first-order valence-corrected chi connectivity index (χ1v) is 7.45. The molecule has 0 atom stereocenters. The summed E-state index contributed by atoms with van der Waals surface area (Å²) in [6.07, 6.45) is 4.09. The van der Waals surface area contributed by atoms with E-state index in [-0.39, 0.29) is 5.88 Å². The highest BCUT2D eigenvalue weighted by atomic mass is 79.9. The van der Waals surface area contributed by atoms with Crippen LogP contribution < -0.4 is 10.6 Å². The summed E-state index contributed by atoms with van der Waals surface area (Å²) in [5.74, 6) is 0.0610. The van der Waals surface area contributed by atoms with Gasteiger partial charge in [-0.3, -0.25) is 4.90 Å². The van der Waals surface area contributed by atoms with Crippen molar-refractivity contribution in [3.63, 3.8) is 0 Å². The third-order valence-electron chi connectivity index (χ3n) is 3.27. The average molecular weight is 333 g/mol. The van der Waals surface area contributed by atoms with Crippen molar-refractivity contribution in [3.8, 4) is 0 Å². The van der Waals surface area contributed by atoms with Crippen molar-refractivity contribution in [2.24, 2.45) is 5.73 Å². The number of hydrogen-bond acceptors (Lipinski definition) is 3. The highest BCUT2D eigenvalue weighted by molar-refractivity contribution is 9.10. The van der Waals surface area contributed by atoms with E-state index in [1.54, 1.807) is 4.90 Å². The van der Waals surface area contributed by atoms with Gasteiger partial charge in [0.25, 0.3) is 0 Å². The van der Waals surface area contributed by atoms with E-state index in [0.29, 0.717) is 13.0 Å². The molecular weight excluding hydrogens is 315 g/mol. The zero-order valence-electron chi connectivity index (χ0n) is 11.6. The van der Waals surface area contributed by atoms with Crippen molar-refractivity contribution in [2.75, 3.05) is 4.90 Å². The van der Waals surface area contributed by atoms with Gasteiger partial charge in [0, 0.05) is 10.2 Å². The van der Waals surface area contributed by atoms with Crippen LogP contribution >= 0.6 is 15.9 Å². The van der Waals surface area contributed by atoms with Crippen molar-refractivity contribution < 1.29 is 5.11 Å². The lowest BCUT2D eigenvalue weighted by atomic mass is 9.62. The van der Waals surface area contributed by atoms with E-state index >= 15 is 0 Å². The molecule has 0 fully saturated rings. The largest absolute Gasteiger partial charge is 0.493 e. The van der Waals surface area contributed by atoms with Crippen LogP contribution in [0.15, 0.2) is 64.0 Å². The minimum atomic E-state index is 0.0610. The van der Waals surface area contributed by atoms with Crippen LogP contribution in [0.3, 0.4) is 0 Å². The smallest absolute Gasteiger partial charge is 0.218 e. The number of benzene rings is 1. The maximum Gasteiger partial charge on any atom is 0.218 e. The molecule has 20 heavy (non-hydrogen) atoms. The molecule has 1 aliphatic heterocycles. The first-order chi connectivity index (χ1) is 9.54. The Labute approximate surface area is 128 Å². The summed E-state index contributed by atoms with van der Waals surface area (Å²) in [4.78, 5) is 1.70. The summed E-state index contributed by atoms with van der Waals surface area (Å²) in [6, 6.07) is 7.68. The Morgan fingerprint density at radius 1 is 1.40 bits per heavy atom. The molecule has 0 saturated heterocycles. The molecule has 1 aliphatic rings. The van der Waals surface area contributed by atoms with E-state index in [1.165, 1.54) is 0 Å². The highest BCUT2D eigenvalue weighted by Gasteiger charge is 2.26. The Bertz CT molecular complexity index is 578. The molecule has 1 aromatic carbocycles. The third kappa shape index (κ3) is 2.93. The number of nitrogens with zero attached hydrogens (tertiary/aromatic N) is 1. The van der Waals surface area contributed by atoms with E-state index in [1.807, 2.05) is 24.3 Å². The maximum atomic E-state index is 10.4. The van der Waals surface area contributed by atoms with Gasteiger partial charge in [-0.25, -0.2) is 0 Å². The minimum absolute atomic E-state index is 0.0610. The van der Waals surface area contributed by atoms with E-state index in [9.17, 15) is 5.11 Å². The number of aliphatic hydroxyl groups is 1. The van der Waals surface area contributed by atoms with E-state index in [4.69, 9.17) is 5.73 Å². The highest BCUT2D eigenvalue weighted by Crippen LogP contribution is 2.30. The molecule has 0 unspecified atom stereocenters. The Hall–Kier alpha value is -1.62. The average Bonchev–Trinajstić information content (AvgIpc) is 2.43. The second-order valence-electron chi connectivity index (χ2n) is 4.81. The third-order valence-corrected chi connectivity index (χ3v) is 3.80. The van der Waals surface area contributed by atoms with Crippen molar-refractivity contribution in [3.05, 3.63) is 64.0 Å². The summed E-state index contributed by atoms with van der Waals surface area (Å²) in [5, 5.41) is 10.4. The van der Waals surface area contributed by atoms with E-state index in [2.05, 4.69) is 35.5 Å². The van der Waals surface area contributed by atoms with Gasteiger partial charge < -0.3 is 10.8 Å². The summed E-state index contributed by atoms with van der Waals surface area (Å²) in [7, 11) is 0.659. The van der Waals surface area contributed by atoms with Crippen molar-refractivity contribution >= 4 is 28.9 Å². The quantitative estimate of drug-likeness (QED) is 0.832. The lowest BCUT2D eigenvalue weighted by molar-refractivity contribution is 0.392. The van der Waals surface area contributed by atoms with Gasteiger partial charge in [-0.2, -0.15) is 0 Å². The molecule has 0 bridgehead atoms. The molecule has 0 amide bonds. The van der Waals surface area contributed by atoms with Crippen LogP contribution in [0.2, 0.25) is 0 Å². The Kier molecular flexibility index (Phi) is 4.60. The second-order valence-corrected chi connectivity index (χ2v) is 5.73. The second kappa shape index (κ2) is 6.22. The summed E-state index contributed by atoms with van der Waals surface area (Å²) >= 11 is 3.40. The van der Waals surface area contributed by atoms with Crippen LogP contribution in [0.4, 0.5) is 5.69 Å². The molecule has 1 heterocycles. The van der Waals surface area contributed by atoms with Crippen molar-refractivity contribution in [1.29, 1.82) is 0 Å². The van der Waals surface area contributed by atoms with Gasteiger partial charge in [0.1, 0.15) is 0 Å². The maximum absolute atomic E-state index is 10.4. The van der Waals surface area contributed by atoms with Gasteiger partial charge in [-0.15, -0.1) is 0 Å². The molecule has 1 aromatic rings. The van der Waals surface area contributed by atoms with Crippen molar-refractivity contribution in [1.82, 2.24) is 0 Å². The zero-order chi connectivity index (χ0) is 14.7. The summed E-state index contributed by atoms with van der Waals surface area (Å²) < 4.78 is 0.990. The van der Waals surface area contributed by atoms with Gasteiger partial charge in [-0.1, -0.05) is 47.4 Å². The first-order valence-electron chi connectivity index (χ1n) is 6.66. The molecule has 5 heteroatoms. The molecule has 0 spiro atoms. The number of aliphatic hydroxyl groups excluding tert-OH is 1. The summed E-state index contributed by atoms with van der Waals surface area (Å²) in [5.41, 5.74) is 9.13. The number of unbranched alkanes of at least 4 members (excludes halogenated alkanes) is 1. The molecular formula is C15H18BBrN2O. The fourth-order valence-electron chi connectivity index (χ4n) is 2.20. The number of anilines is 1. The Morgan fingerprint density at radius 3 is 2.65 bits per heavy atom. The van der Waals surface area contributed by atoms with Crippen LogP contribution in [0, 0.1) is 0 Å². The monoisotopic (exact) mass is 332 g/mol. The molecule has 104 valence electrons. The fourth-order valence-corrected chi connectivity index (χ4v) is 2.47. The lowest BCUT2D eigenvalue weighted by Gasteiger charge is -2.31. The van der Waals surface area contributed by atoms with Gasteiger partial charge in [0.05, 0.1) is 5.70 Å². The van der Waals surface area contributed by atoms with Gasteiger partial charge in [0.2, 0.25) is 13.2 Å².